The van der Waals surface area contributed by atoms with Crippen LogP contribution in [0.5, 0.6) is 0 Å². The number of aliphatic carboxylic acids is 1. The van der Waals surface area contributed by atoms with Gasteiger partial charge in [-0.05, 0) is 56.7 Å². The fourth-order valence-corrected chi connectivity index (χ4v) is 4.69. The molecule has 198 valence electrons. The van der Waals surface area contributed by atoms with Crippen LogP contribution < -0.4 is 16.0 Å². The third-order valence-electron chi connectivity index (χ3n) is 6.83. The predicted molar refractivity (Wildman–Crippen MR) is 133 cm³/mol. The van der Waals surface area contributed by atoms with Crippen molar-refractivity contribution >= 4 is 23.7 Å². The van der Waals surface area contributed by atoms with Gasteiger partial charge in [0.1, 0.15) is 12.6 Å². The monoisotopic (exact) mass is 502 g/mol. The number of rotatable bonds is 12. The predicted octanol–water partition coefficient (Wildman–Crippen LogP) is 0.907. The lowest BCUT2D eigenvalue weighted by Gasteiger charge is -2.33. The Morgan fingerprint density at radius 1 is 1.11 bits per heavy atom. The maximum absolute atomic E-state index is 12.7. The zero-order valence-electron chi connectivity index (χ0n) is 20.7. The van der Waals surface area contributed by atoms with E-state index in [-0.39, 0.29) is 37.5 Å². The SMILES string of the molecule is O=C(COCc1ccccc1)N[C@H](CNC(=O)[C@@H]1CCCN(C(=O)CCC2CCNCC2)C1)C(=O)O. The molecule has 2 fully saturated rings. The second kappa shape index (κ2) is 14.5. The molecule has 0 aromatic heterocycles. The molecule has 0 saturated carbocycles. The van der Waals surface area contributed by atoms with Crippen molar-refractivity contribution in [1.29, 1.82) is 0 Å². The lowest BCUT2D eigenvalue weighted by Crippen LogP contribution is -2.52. The molecule has 10 heteroatoms. The Hall–Kier alpha value is -2.98. The fraction of sp³-hybridized carbons (Fsp3) is 0.615. The van der Waals surface area contributed by atoms with Crippen LogP contribution in [0.2, 0.25) is 0 Å². The maximum Gasteiger partial charge on any atom is 0.328 e. The Balaban J connectivity index is 1.38. The van der Waals surface area contributed by atoms with E-state index in [2.05, 4.69) is 16.0 Å². The molecule has 36 heavy (non-hydrogen) atoms. The first kappa shape index (κ1) is 27.6. The van der Waals surface area contributed by atoms with Crippen molar-refractivity contribution in [3.05, 3.63) is 35.9 Å². The fourth-order valence-electron chi connectivity index (χ4n) is 4.69. The van der Waals surface area contributed by atoms with E-state index in [1.165, 1.54) is 0 Å². The molecule has 4 N–H and O–H groups in total. The highest BCUT2D eigenvalue weighted by Gasteiger charge is 2.30. The molecule has 1 aromatic rings. The number of hydrogen-bond acceptors (Lipinski definition) is 6. The lowest BCUT2D eigenvalue weighted by molar-refractivity contribution is -0.142. The minimum atomic E-state index is -1.27. The number of carboxylic acid groups (broad SMARTS) is 1. The number of nitrogens with zero attached hydrogens (tertiary/aromatic N) is 1. The highest BCUT2D eigenvalue weighted by atomic mass is 16.5. The highest BCUT2D eigenvalue weighted by molar-refractivity contribution is 5.86. The molecular weight excluding hydrogens is 464 g/mol. The summed E-state index contributed by atoms with van der Waals surface area (Å²) in [5, 5.41) is 17.8. The van der Waals surface area contributed by atoms with Crippen molar-refractivity contribution in [3.8, 4) is 0 Å². The summed E-state index contributed by atoms with van der Waals surface area (Å²) in [6.07, 6.45) is 4.94. The topological polar surface area (TPSA) is 137 Å². The number of piperidine rings is 2. The van der Waals surface area contributed by atoms with Crippen molar-refractivity contribution in [2.75, 3.05) is 39.3 Å². The van der Waals surface area contributed by atoms with Gasteiger partial charge in [0, 0.05) is 26.1 Å². The summed E-state index contributed by atoms with van der Waals surface area (Å²) in [6, 6.07) is 8.05. The van der Waals surface area contributed by atoms with Crippen LogP contribution in [0.15, 0.2) is 30.3 Å². The zero-order chi connectivity index (χ0) is 25.8. The normalized spacial score (nSPS) is 19.3. The van der Waals surface area contributed by atoms with Crippen LogP contribution in [0.25, 0.3) is 0 Å². The molecule has 0 aliphatic carbocycles. The quantitative estimate of drug-likeness (QED) is 0.333. The average Bonchev–Trinajstić information content (AvgIpc) is 2.90. The van der Waals surface area contributed by atoms with E-state index in [0.717, 1.165) is 44.3 Å². The molecule has 1 aromatic carbocycles. The van der Waals surface area contributed by atoms with E-state index in [1.54, 1.807) is 4.90 Å². The molecule has 2 aliphatic heterocycles. The van der Waals surface area contributed by atoms with E-state index in [4.69, 9.17) is 4.74 Å². The molecule has 0 spiro atoms. The van der Waals surface area contributed by atoms with Crippen LogP contribution in [0.4, 0.5) is 0 Å². The summed E-state index contributed by atoms with van der Waals surface area (Å²) in [6.45, 7) is 2.70. The zero-order valence-corrected chi connectivity index (χ0v) is 20.7. The van der Waals surface area contributed by atoms with Crippen LogP contribution in [-0.2, 0) is 30.5 Å². The van der Waals surface area contributed by atoms with Crippen molar-refractivity contribution in [2.24, 2.45) is 11.8 Å². The van der Waals surface area contributed by atoms with Gasteiger partial charge in [-0.1, -0.05) is 30.3 Å². The van der Waals surface area contributed by atoms with E-state index >= 15 is 0 Å². The van der Waals surface area contributed by atoms with E-state index in [1.807, 2.05) is 30.3 Å². The molecule has 0 radical (unpaired) electrons. The van der Waals surface area contributed by atoms with Crippen molar-refractivity contribution in [2.45, 2.75) is 51.2 Å². The highest BCUT2D eigenvalue weighted by Crippen LogP contribution is 2.21. The molecule has 2 aliphatic rings. The van der Waals surface area contributed by atoms with Gasteiger partial charge in [-0.25, -0.2) is 4.79 Å². The maximum atomic E-state index is 12.7. The third-order valence-corrected chi connectivity index (χ3v) is 6.83. The van der Waals surface area contributed by atoms with Gasteiger partial charge in [0.15, 0.2) is 0 Å². The molecule has 2 heterocycles. The third kappa shape index (κ3) is 9.23. The number of amides is 3. The Bertz CT molecular complexity index is 874. The number of carbonyl (C=O) groups is 4. The molecule has 3 rings (SSSR count). The van der Waals surface area contributed by atoms with Crippen LogP contribution in [0.1, 0.15) is 44.1 Å². The van der Waals surface area contributed by atoms with Gasteiger partial charge in [-0.2, -0.15) is 0 Å². The molecular formula is C26H38N4O6. The summed E-state index contributed by atoms with van der Waals surface area (Å²) >= 11 is 0. The Labute approximate surface area is 212 Å². The molecule has 0 bridgehead atoms. The number of carboxylic acids is 1. The van der Waals surface area contributed by atoms with Gasteiger partial charge in [-0.3, -0.25) is 14.4 Å². The number of likely N-dealkylation sites (tertiary alicyclic amines) is 1. The summed E-state index contributed by atoms with van der Waals surface area (Å²) in [5.41, 5.74) is 0.902. The Kier molecular flexibility index (Phi) is 11.2. The minimum Gasteiger partial charge on any atom is -0.480 e. The summed E-state index contributed by atoms with van der Waals surface area (Å²) in [7, 11) is 0. The van der Waals surface area contributed by atoms with Crippen molar-refractivity contribution < 1.29 is 29.0 Å². The van der Waals surface area contributed by atoms with Crippen LogP contribution in [0.3, 0.4) is 0 Å². The first-order chi connectivity index (χ1) is 17.4. The van der Waals surface area contributed by atoms with Crippen LogP contribution in [0, 0.1) is 11.8 Å². The largest absolute Gasteiger partial charge is 0.480 e. The lowest BCUT2D eigenvalue weighted by atomic mass is 9.92. The molecule has 10 nitrogen and oxygen atoms in total. The Morgan fingerprint density at radius 3 is 2.58 bits per heavy atom. The molecule has 2 saturated heterocycles. The standard InChI is InChI=1S/C26H38N4O6/c31-23(18-36-17-20-5-2-1-3-6-20)29-22(26(34)35)15-28-25(33)21-7-4-14-30(16-21)24(32)9-8-19-10-12-27-13-11-19/h1-3,5-6,19,21-22,27H,4,7-18H2,(H,28,33)(H,29,31)(H,34,35)/t21-,22-/m1/s1. The number of ether oxygens (including phenoxy) is 1. The second-order valence-corrected chi connectivity index (χ2v) is 9.59. The minimum absolute atomic E-state index is 0.0808. The summed E-state index contributed by atoms with van der Waals surface area (Å²) in [4.78, 5) is 50.9. The molecule has 0 unspecified atom stereocenters. The number of carbonyl (C=O) groups excluding carboxylic acids is 3. The second-order valence-electron chi connectivity index (χ2n) is 9.59. The van der Waals surface area contributed by atoms with Crippen molar-refractivity contribution in [3.63, 3.8) is 0 Å². The number of nitrogens with one attached hydrogen (secondary N) is 3. The Morgan fingerprint density at radius 2 is 1.86 bits per heavy atom. The van der Waals surface area contributed by atoms with Gasteiger partial charge in [0.05, 0.1) is 12.5 Å². The van der Waals surface area contributed by atoms with Gasteiger partial charge >= 0.3 is 5.97 Å². The molecule has 3 amide bonds. The van der Waals surface area contributed by atoms with Gasteiger partial charge in [-0.15, -0.1) is 0 Å². The van der Waals surface area contributed by atoms with Gasteiger partial charge in [0.25, 0.3) is 0 Å². The average molecular weight is 503 g/mol. The van der Waals surface area contributed by atoms with Crippen molar-refractivity contribution in [1.82, 2.24) is 20.9 Å². The first-order valence-corrected chi connectivity index (χ1v) is 12.8. The first-order valence-electron chi connectivity index (χ1n) is 12.8. The van der Waals surface area contributed by atoms with Gasteiger partial charge < -0.3 is 30.7 Å². The van der Waals surface area contributed by atoms with E-state index in [0.29, 0.717) is 31.8 Å². The summed E-state index contributed by atoms with van der Waals surface area (Å²) < 4.78 is 5.34. The van der Waals surface area contributed by atoms with Gasteiger partial charge in [0.2, 0.25) is 17.7 Å². The van der Waals surface area contributed by atoms with E-state index in [9.17, 15) is 24.3 Å². The van der Waals surface area contributed by atoms with E-state index < -0.39 is 17.9 Å². The summed E-state index contributed by atoms with van der Waals surface area (Å²) in [5.74, 6) is -1.85. The number of hydrogen-bond donors (Lipinski definition) is 4. The van der Waals surface area contributed by atoms with Crippen LogP contribution >= 0.6 is 0 Å². The molecule has 2 atom stereocenters. The number of benzene rings is 1. The van der Waals surface area contributed by atoms with Crippen LogP contribution in [-0.4, -0.2) is 79.1 Å². The smallest absolute Gasteiger partial charge is 0.328 e.